The molecule has 4 nitrogen and oxygen atoms in total. The Kier molecular flexibility index (Phi) is 13.4. The zero-order valence-corrected chi connectivity index (χ0v) is 44.4. The van der Waals surface area contributed by atoms with Gasteiger partial charge in [0.2, 0.25) is 0 Å². The lowest BCUT2D eigenvalue weighted by molar-refractivity contribution is 0.323. The van der Waals surface area contributed by atoms with Crippen molar-refractivity contribution in [3.05, 3.63) is 249 Å². The fraction of sp³-hybridized carbons (Fsp3) is 0.194. The second-order valence-electron chi connectivity index (χ2n) is 21.8. The van der Waals surface area contributed by atoms with Crippen LogP contribution in [0, 0.1) is 17.9 Å². The lowest BCUT2D eigenvalue weighted by Crippen LogP contribution is -2.44. The van der Waals surface area contributed by atoms with E-state index in [0.29, 0.717) is 17.1 Å². The van der Waals surface area contributed by atoms with Crippen molar-refractivity contribution in [3.63, 3.8) is 0 Å². The maximum atomic E-state index is 9.38. The van der Waals surface area contributed by atoms with Crippen molar-refractivity contribution in [1.29, 1.82) is 5.26 Å². The van der Waals surface area contributed by atoms with Gasteiger partial charge in [-0.1, -0.05) is 205 Å². The molecular weight excluding hydrogens is 923 g/mol. The van der Waals surface area contributed by atoms with Crippen molar-refractivity contribution in [1.82, 2.24) is 0 Å². The molecule has 4 aliphatic rings. The summed E-state index contributed by atoms with van der Waals surface area (Å²) in [6, 6.07) is 59.7. The summed E-state index contributed by atoms with van der Waals surface area (Å²) in [7, 11) is 0. The van der Waals surface area contributed by atoms with Crippen molar-refractivity contribution in [3.8, 4) is 50.6 Å². The first kappa shape index (κ1) is 49.5. The SMILES string of the molecule is C1=c2c(-c3ccccc3)c3c(-c4ccccc4)c4ccccc4c(-c4ccccc4)c3c(-c3ccccc3)c2=CCC1.[C-]#[N+]/C(C#N)=C1C=C(/C=C/c2cc3c4c(c2)C(C)(C)CCN4CCC3(C)C)OC(C(=C)CC)=C/1. The molecule has 0 saturated carbocycles. The van der Waals surface area contributed by atoms with Crippen molar-refractivity contribution in [2.75, 3.05) is 18.0 Å². The van der Waals surface area contributed by atoms with Gasteiger partial charge in [0.15, 0.2) is 0 Å². The number of allylic oxidation sites excluding steroid dienone is 6. The molecule has 0 aromatic heterocycles. The van der Waals surface area contributed by atoms with E-state index in [1.165, 1.54) is 93.3 Å². The summed E-state index contributed by atoms with van der Waals surface area (Å²) in [4.78, 5) is 5.95. The number of anilines is 1. The second-order valence-corrected chi connectivity index (χ2v) is 21.8. The maximum Gasteiger partial charge on any atom is 0.269 e. The zero-order valence-electron chi connectivity index (χ0n) is 44.4. The minimum atomic E-state index is 0.0532. The first-order chi connectivity index (χ1) is 37.0. The molecule has 0 amide bonds. The summed E-state index contributed by atoms with van der Waals surface area (Å²) in [5, 5.41) is 17.3. The fourth-order valence-corrected chi connectivity index (χ4v) is 12.0. The van der Waals surface area contributed by atoms with E-state index in [2.05, 4.69) is 220 Å². The van der Waals surface area contributed by atoms with Gasteiger partial charge in [0.25, 0.3) is 5.70 Å². The van der Waals surface area contributed by atoms with Crippen LogP contribution in [0.3, 0.4) is 0 Å². The average Bonchev–Trinajstić information content (AvgIpc) is 3.53. The first-order valence-electron chi connectivity index (χ1n) is 26.9. The number of rotatable bonds is 8. The monoisotopic (exact) mass is 985 g/mol. The van der Waals surface area contributed by atoms with Gasteiger partial charge in [0.1, 0.15) is 11.5 Å². The van der Waals surface area contributed by atoms with Gasteiger partial charge in [0, 0.05) is 18.8 Å². The highest BCUT2D eigenvalue weighted by Crippen LogP contribution is 2.51. The van der Waals surface area contributed by atoms with Crippen LogP contribution in [0.25, 0.3) is 89.1 Å². The Balaban J connectivity index is 0.000000166. The molecule has 4 heteroatoms. The van der Waals surface area contributed by atoms with Crippen LogP contribution in [-0.4, -0.2) is 13.1 Å². The van der Waals surface area contributed by atoms with Gasteiger partial charge in [-0.05, 0) is 178 Å². The highest BCUT2D eigenvalue weighted by molar-refractivity contribution is 6.28. The molecule has 8 aromatic rings. The van der Waals surface area contributed by atoms with Crippen molar-refractivity contribution in [2.45, 2.75) is 77.6 Å². The van der Waals surface area contributed by atoms with Crippen molar-refractivity contribution >= 4 is 45.5 Å². The molecule has 0 radical (unpaired) electrons. The van der Waals surface area contributed by atoms with Crippen LogP contribution >= 0.6 is 0 Å². The molecule has 0 unspecified atom stereocenters. The number of nitrogens with zero attached hydrogens (tertiary/aromatic N) is 3. The number of benzene rings is 8. The van der Waals surface area contributed by atoms with Gasteiger partial charge in [-0.3, -0.25) is 0 Å². The fourth-order valence-electron chi connectivity index (χ4n) is 12.0. The molecule has 0 saturated heterocycles. The largest absolute Gasteiger partial charge is 0.457 e. The third-order valence-corrected chi connectivity index (χ3v) is 16.1. The molecule has 1 aliphatic carbocycles. The van der Waals surface area contributed by atoms with Crippen molar-refractivity contribution < 1.29 is 4.74 Å². The van der Waals surface area contributed by atoms with E-state index >= 15 is 0 Å². The van der Waals surface area contributed by atoms with E-state index in [1.807, 2.05) is 19.1 Å². The minimum absolute atomic E-state index is 0.0532. The van der Waals surface area contributed by atoms with Crippen LogP contribution in [0.1, 0.15) is 83.4 Å². The van der Waals surface area contributed by atoms with Gasteiger partial charge in [-0.25, -0.2) is 10.1 Å². The van der Waals surface area contributed by atoms with E-state index in [9.17, 15) is 5.26 Å². The third-order valence-electron chi connectivity index (χ3n) is 16.1. The standard InChI is InChI=1S/C42H30.C30H33N3O/c1-5-17-29(18-6-1)37-33-25-13-14-26-34(33)39(31-21-9-3-10-22-31)42-40(32-23-11-4-12-24-32)36-28-16-15-27-35(36)38(41(37)42)30-19-7-2-8-20-30;1-8-20(2)27-18-22(26(19-31)32-7)17-23(34-27)10-9-21-15-24-28-25(16-21)30(5,6)12-14-33(28)13-11-29(24,3)4/h1-14,17-28H,15-16H2;9-10,15-18H,2,8,11-14H2,1,3-6H3/b;10-9+,26-22-. The van der Waals surface area contributed by atoms with Crippen LogP contribution in [-0.2, 0) is 15.6 Å². The molecule has 3 aliphatic heterocycles. The van der Waals surface area contributed by atoms with Gasteiger partial charge in [-0.2, -0.15) is 0 Å². The lowest BCUT2D eigenvalue weighted by atomic mass is 9.69. The molecule has 372 valence electrons. The topological polar surface area (TPSA) is 40.6 Å². The van der Waals surface area contributed by atoms with Gasteiger partial charge in [0.05, 0.1) is 12.6 Å². The van der Waals surface area contributed by atoms with Crippen molar-refractivity contribution in [2.24, 2.45) is 0 Å². The summed E-state index contributed by atoms with van der Waals surface area (Å²) in [6.07, 6.45) is 17.6. The smallest absolute Gasteiger partial charge is 0.269 e. The number of hydrogen-bond donors (Lipinski definition) is 0. The molecule has 0 bridgehead atoms. The molecular formula is C72H63N3O. The van der Waals surface area contributed by atoms with E-state index in [-0.39, 0.29) is 16.5 Å². The minimum Gasteiger partial charge on any atom is -0.457 e. The Labute approximate surface area is 448 Å². The molecule has 0 N–H and O–H groups in total. The summed E-state index contributed by atoms with van der Waals surface area (Å²) in [6.45, 7) is 25.1. The number of ether oxygens (including phenoxy) is 1. The van der Waals surface area contributed by atoms with Gasteiger partial charge >= 0.3 is 0 Å². The number of nitriles is 1. The van der Waals surface area contributed by atoms with Crippen LogP contribution in [0.5, 0.6) is 0 Å². The molecule has 3 heterocycles. The Bertz CT molecular complexity index is 3730. The van der Waals surface area contributed by atoms with E-state index in [1.54, 1.807) is 12.2 Å². The molecule has 0 fully saturated rings. The Morgan fingerprint density at radius 1 is 0.632 bits per heavy atom. The highest BCUT2D eigenvalue weighted by atomic mass is 16.5. The van der Waals surface area contributed by atoms with E-state index < -0.39 is 0 Å². The third kappa shape index (κ3) is 9.09. The number of fused-ring (bicyclic) bond motifs is 3. The average molecular weight is 986 g/mol. The second kappa shape index (κ2) is 20.5. The van der Waals surface area contributed by atoms with Gasteiger partial charge in [-0.15, -0.1) is 0 Å². The van der Waals surface area contributed by atoms with Crippen LogP contribution in [0.4, 0.5) is 5.69 Å². The normalized spacial score (nSPS) is 16.5. The van der Waals surface area contributed by atoms with E-state index in [4.69, 9.17) is 11.3 Å². The maximum absolute atomic E-state index is 9.38. The quantitative estimate of drug-likeness (QED) is 0.0865. The van der Waals surface area contributed by atoms with Crippen LogP contribution < -0.4 is 15.3 Å². The Morgan fingerprint density at radius 3 is 1.49 bits per heavy atom. The number of hydrogen-bond acceptors (Lipinski definition) is 3. The van der Waals surface area contributed by atoms with E-state index in [0.717, 1.165) is 56.3 Å². The Morgan fingerprint density at radius 2 is 1.07 bits per heavy atom. The summed E-state index contributed by atoms with van der Waals surface area (Å²) < 4.78 is 6.09. The predicted octanol–water partition coefficient (Wildman–Crippen LogP) is 17.3. The lowest BCUT2D eigenvalue weighted by Gasteiger charge is -2.48. The molecule has 76 heavy (non-hydrogen) atoms. The van der Waals surface area contributed by atoms with Crippen LogP contribution in [0.2, 0.25) is 0 Å². The molecule has 12 rings (SSSR count). The first-order valence-corrected chi connectivity index (χ1v) is 26.9. The summed E-state index contributed by atoms with van der Waals surface area (Å²) >= 11 is 0. The molecule has 8 aromatic carbocycles. The molecule has 0 atom stereocenters. The highest BCUT2D eigenvalue weighted by Gasteiger charge is 2.40. The molecule has 0 spiro atoms. The summed E-state index contributed by atoms with van der Waals surface area (Å²) in [5.74, 6) is 1.21. The zero-order chi connectivity index (χ0) is 52.6. The Hall–Kier alpha value is -8.70. The van der Waals surface area contributed by atoms with Crippen LogP contribution in [0.15, 0.2) is 211 Å². The van der Waals surface area contributed by atoms with Gasteiger partial charge < -0.3 is 9.64 Å². The summed E-state index contributed by atoms with van der Waals surface area (Å²) in [5.41, 5.74) is 17.4. The predicted molar refractivity (Wildman–Crippen MR) is 320 cm³/mol.